The zero-order valence-corrected chi connectivity index (χ0v) is 15.1. The van der Waals surface area contributed by atoms with Crippen LogP contribution in [0.5, 0.6) is 0 Å². The number of carbonyl (C=O) groups excluding carboxylic acids is 1. The summed E-state index contributed by atoms with van der Waals surface area (Å²) in [6.07, 6.45) is 3.57. The number of amides is 1. The normalized spacial score (nSPS) is 15.8. The molecule has 0 N–H and O–H groups in total. The van der Waals surface area contributed by atoms with E-state index in [9.17, 15) is 4.79 Å². The summed E-state index contributed by atoms with van der Waals surface area (Å²) in [6, 6.07) is 12.0. The lowest BCUT2D eigenvalue weighted by Crippen LogP contribution is -2.48. The van der Waals surface area contributed by atoms with Crippen molar-refractivity contribution in [1.82, 2.24) is 19.6 Å². The van der Waals surface area contributed by atoms with Crippen molar-refractivity contribution in [3.8, 4) is 0 Å². The lowest BCUT2D eigenvalue weighted by atomic mass is 10.2. The topological polar surface area (TPSA) is 41.4 Å². The highest BCUT2D eigenvalue weighted by Crippen LogP contribution is 2.07. The Kier molecular flexibility index (Phi) is 5.66. The van der Waals surface area contributed by atoms with Crippen LogP contribution in [0.2, 0.25) is 0 Å². The standard InChI is InChI=1S/C20H26N4O/c1-17-16-18(2)24(21-17)15-12-22-10-13-23(14-11-22)20(25)9-8-19-6-4-3-5-7-19/h3-9,16H,10-15H2,1-2H3/b9-8+. The van der Waals surface area contributed by atoms with E-state index in [2.05, 4.69) is 27.7 Å². The second kappa shape index (κ2) is 8.12. The molecule has 0 bridgehead atoms. The van der Waals surface area contributed by atoms with Gasteiger partial charge in [0.15, 0.2) is 0 Å². The number of nitrogens with zero attached hydrogens (tertiary/aromatic N) is 4. The minimum absolute atomic E-state index is 0.0991. The fraction of sp³-hybridized carbons (Fsp3) is 0.400. The van der Waals surface area contributed by atoms with Crippen molar-refractivity contribution >= 4 is 12.0 Å². The predicted molar refractivity (Wildman–Crippen MR) is 100 cm³/mol. The van der Waals surface area contributed by atoms with E-state index in [4.69, 9.17) is 0 Å². The molecule has 1 aromatic heterocycles. The number of rotatable bonds is 5. The summed E-state index contributed by atoms with van der Waals surface area (Å²) in [5.41, 5.74) is 3.33. The van der Waals surface area contributed by atoms with E-state index in [0.717, 1.165) is 50.5 Å². The number of hydrogen-bond acceptors (Lipinski definition) is 3. The van der Waals surface area contributed by atoms with Crippen LogP contribution in [0.4, 0.5) is 0 Å². The molecule has 0 saturated carbocycles. The first-order chi connectivity index (χ1) is 12.1. The number of hydrogen-bond donors (Lipinski definition) is 0. The summed E-state index contributed by atoms with van der Waals surface area (Å²) >= 11 is 0. The second-order valence-corrected chi connectivity index (χ2v) is 6.56. The molecular weight excluding hydrogens is 312 g/mol. The third kappa shape index (κ3) is 4.79. The smallest absolute Gasteiger partial charge is 0.246 e. The number of aromatic nitrogens is 2. The molecule has 1 fully saturated rings. The van der Waals surface area contributed by atoms with Crippen molar-refractivity contribution in [2.24, 2.45) is 0 Å². The van der Waals surface area contributed by atoms with Crippen LogP contribution in [-0.4, -0.2) is 58.2 Å². The monoisotopic (exact) mass is 338 g/mol. The number of benzene rings is 1. The Morgan fingerprint density at radius 3 is 2.44 bits per heavy atom. The third-order valence-electron chi connectivity index (χ3n) is 4.63. The van der Waals surface area contributed by atoms with Gasteiger partial charge in [0.05, 0.1) is 12.2 Å². The Morgan fingerprint density at radius 2 is 1.80 bits per heavy atom. The van der Waals surface area contributed by atoms with Gasteiger partial charge < -0.3 is 4.90 Å². The highest BCUT2D eigenvalue weighted by atomic mass is 16.2. The molecule has 0 atom stereocenters. The van der Waals surface area contributed by atoms with Crippen LogP contribution in [-0.2, 0) is 11.3 Å². The van der Waals surface area contributed by atoms with Crippen LogP contribution < -0.4 is 0 Å². The van der Waals surface area contributed by atoms with E-state index in [1.165, 1.54) is 5.69 Å². The second-order valence-electron chi connectivity index (χ2n) is 6.56. The van der Waals surface area contributed by atoms with Crippen molar-refractivity contribution in [1.29, 1.82) is 0 Å². The third-order valence-corrected chi connectivity index (χ3v) is 4.63. The largest absolute Gasteiger partial charge is 0.337 e. The minimum Gasteiger partial charge on any atom is -0.337 e. The molecule has 2 aromatic rings. The van der Waals surface area contributed by atoms with Gasteiger partial charge in [-0.2, -0.15) is 5.10 Å². The summed E-state index contributed by atoms with van der Waals surface area (Å²) in [5, 5.41) is 4.51. The Bertz CT molecular complexity index is 727. The van der Waals surface area contributed by atoms with Crippen molar-refractivity contribution in [3.63, 3.8) is 0 Å². The van der Waals surface area contributed by atoms with E-state index < -0.39 is 0 Å². The lowest BCUT2D eigenvalue weighted by molar-refractivity contribution is -0.127. The SMILES string of the molecule is Cc1cc(C)n(CCN2CCN(C(=O)/C=C/c3ccccc3)CC2)n1. The first-order valence-electron chi connectivity index (χ1n) is 8.87. The van der Waals surface area contributed by atoms with Crippen LogP contribution in [0.25, 0.3) is 6.08 Å². The Balaban J connectivity index is 1.44. The van der Waals surface area contributed by atoms with Gasteiger partial charge in [-0.25, -0.2) is 0 Å². The zero-order chi connectivity index (χ0) is 17.6. The van der Waals surface area contributed by atoms with Crippen molar-refractivity contribution < 1.29 is 4.79 Å². The predicted octanol–water partition coefficient (Wildman–Crippen LogP) is 2.36. The van der Waals surface area contributed by atoms with Crippen molar-refractivity contribution in [2.75, 3.05) is 32.7 Å². The van der Waals surface area contributed by atoms with Crippen molar-refractivity contribution in [2.45, 2.75) is 20.4 Å². The number of carbonyl (C=O) groups is 1. The summed E-state index contributed by atoms with van der Waals surface area (Å²) in [7, 11) is 0. The van der Waals surface area contributed by atoms with Gasteiger partial charge in [0.25, 0.3) is 0 Å². The minimum atomic E-state index is 0.0991. The highest BCUT2D eigenvalue weighted by Gasteiger charge is 2.19. The van der Waals surface area contributed by atoms with E-state index in [1.54, 1.807) is 6.08 Å². The van der Waals surface area contributed by atoms with Gasteiger partial charge in [-0.3, -0.25) is 14.4 Å². The van der Waals surface area contributed by atoms with Crippen LogP contribution in [0.3, 0.4) is 0 Å². The fourth-order valence-corrected chi connectivity index (χ4v) is 3.17. The first kappa shape index (κ1) is 17.4. The van der Waals surface area contributed by atoms with Gasteiger partial charge in [0.1, 0.15) is 0 Å². The summed E-state index contributed by atoms with van der Waals surface area (Å²) in [6.45, 7) is 9.41. The molecule has 1 aliphatic rings. The maximum Gasteiger partial charge on any atom is 0.246 e. The van der Waals surface area contributed by atoms with Gasteiger partial charge in [0, 0.05) is 44.5 Å². The van der Waals surface area contributed by atoms with Crippen LogP contribution in [0.1, 0.15) is 17.0 Å². The Hall–Kier alpha value is -2.40. The molecule has 2 heterocycles. The molecule has 0 aliphatic carbocycles. The van der Waals surface area contributed by atoms with Gasteiger partial charge in [-0.1, -0.05) is 30.3 Å². The van der Waals surface area contributed by atoms with Crippen LogP contribution in [0, 0.1) is 13.8 Å². The van der Waals surface area contributed by atoms with Gasteiger partial charge >= 0.3 is 0 Å². The average Bonchev–Trinajstić information content (AvgIpc) is 2.96. The molecule has 132 valence electrons. The summed E-state index contributed by atoms with van der Waals surface area (Å²) < 4.78 is 2.06. The van der Waals surface area contributed by atoms with Gasteiger partial charge in [-0.15, -0.1) is 0 Å². The Morgan fingerprint density at radius 1 is 1.08 bits per heavy atom. The average molecular weight is 338 g/mol. The van der Waals surface area contributed by atoms with E-state index in [-0.39, 0.29) is 5.91 Å². The first-order valence-corrected chi connectivity index (χ1v) is 8.87. The molecule has 0 radical (unpaired) electrons. The van der Waals surface area contributed by atoms with E-state index >= 15 is 0 Å². The van der Waals surface area contributed by atoms with E-state index in [0.29, 0.717) is 0 Å². The van der Waals surface area contributed by atoms with Crippen LogP contribution >= 0.6 is 0 Å². The molecule has 0 unspecified atom stereocenters. The van der Waals surface area contributed by atoms with Crippen LogP contribution in [0.15, 0.2) is 42.5 Å². The fourth-order valence-electron chi connectivity index (χ4n) is 3.17. The molecule has 0 spiro atoms. The number of aryl methyl sites for hydroxylation is 2. The van der Waals surface area contributed by atoms with E-state index in [1.807, 2.05) is 48.2 Å². The maximum atomic E-state index is 12.3. The molecule has 1 amide bonds. The molecular formula is C20H26N4O. The molecule has 5 nitrogen and oxygen atoms in total. The summed E-state index contributed by atoms with van der Waals surface area (Å²) in [5.74, 6) is 0.0991. The lowest BCUT2D eigenvalue weighted by Gasteiger charge is -2.34. The molecule has 5 heteroatoms. The number of piperazine rings is 1. The molecule has 1 saturated heterocycles. The molecule has 1 aromatic carbocycles. The van der Waals surface area contributed by atoms with Gasteiger partial charge in [0.2, 0.25) is 5.91 Å². The maximum absolute atomic E-state index is 12.3. The zero-order valence-electron chi connectivity index (χ0n) is 15.1. The summed E-state index contributed by atoms with van der Waals surface area (Å²) in [4.78, 5) is 16.6. The molecule has 25 heavy (non-hydrogen) atoms. The van der Waals surface area contributed by atoms with Gasteiger partial charge in [-0.05, 0) is 31.6 Å². The Labute approximate surface area is 149 Å². The highest BCUT2D eigenvalue weighted by molar-refractivity contribution is 5.91. The van der Waals surface area contributed by atoms with Crippen molar-refractivity contribution in [3.05, 3.63) is 59.4 Å². The quantitative estimate of drug-likeness (QED) is 0.786. The molecule has 3 rings (SSSR count). The molecule has 1 aliphatic heterocycles.